The van der Waals surface area contributed by atoms with Gasteiger partial charge in [0, 0.05) is 6.54 Å². The Morgan fingerprint density at radius 3 is 2.62 bits per heavy atom. The van der Waals surface area contributed by atoms with Crippen LogP contribution in [0.15, 0.2) is 22.7 Å². The van der Waals surface area contributed by atoms with E-state index in [1.54, 1.807) is 6.92 Å². The van der Waals surface area contributed by atoms with E-state index in [9.17, 15) is 18.0 Å². The zero-order valence-electron chi connectivity index (χ0n) is 11.5. The minimum atomic E-state index is -4.77. The maximum Gasteiger partial charge on any atom is 0.573 e. The third-order valence-electron chi connectivity index (χ3n) is 2.36. The SMILES string of the molecule is CCCNC(=O)C(C)Oc1ccc(OC(F)(F)F)c(Br)c1. The van der Waals surface area contributed by atoms with Crippen molar-refractivity contribution in [3.05, 3.63) is 22.7 Å². The molecule has 0 spiro atoms. The minimum Gasteiger partial charge on any atom is -0.481 e. The highest BCUT2D eigenvalue weighted by molar-refractivity contribution is 9.10. The van der Waals surface area contributed by atoms with Crippen molar-refractivity contribution >= 4 is 21.8 Å². The molecule has 1 unspecified atom stereocenters. The van der Waals surface area contributed by atoms with Crippen molar-refractivity contribution in [3.8, 4) is 11.5 Å². The number of amides is 1. The number of nitrogens with one attached hydrogen (secondary N) is 1. The highest BCUT2D eigenvalue weighted by Crippen LogP contribution is 2.33. The monoisotopic (exact) mass is 369 g/mol. The number of hydrogen-bond donors (Lipinski definition) is 1. The molecule has 1 aromatic carbocycles. The number of benzene rings is 1. The van der Waals surface area contributed by atoms with E-state index in [0.717, 1.165) is 12.5 Å². The van der Waals surface area contributed by atoms with E-state index in [2.05, 4.69) is 26.0 Å². The maximum atomic E-state index is 12.1. The molecule has 8 heteroatoms. The second-order valence-electron chi connectivity index (χ2n) is 4.19. The van der Waals surface area contributed by atoms with E-state index in [0.29, 0.717) is 6.54 Å². The highest BCUT2D eigenvalue weighted by atomic mass is 79.9. The fraction of sp³-hybridized carbons (Fsp3) is 0.462. The van der Waals surface area contributed by atoms with Gasteiger partial charge in [-0.05, 0) is 47.5 Å². The molecule has 0 radical (unpaired) electrons. The van der Waals surface area contributed by atoms with E-state index >= 15 is 0 Å². The van der Waals surface area contributed by atoms with Gasteiger partial charge in [-0.15, -0.1) is 13.2 Å². The summed E-state index contributed by atoms with van der Waals surface area (Å²) in [6, 6.07) is 3.73. The Kier molecular flexibility index (Phi) is 6.32. The summed E-state index contributed by atoms with van der Waals surface area (Å²) in [6.45, 7) is 4.01. The van der Waals surface area contributed by atoms with Crippen LogP contribution in [0.25, 0.3) is 0 Å². The molecule has 0 aliphatic rings. The minimum absolute atomic E-state index is 0.0819. The summed E-state index contributed by atoms with van der Waals surface area (Å²) >= 11 is 2.96. The van der Waals surface area contributed by atoms with Crippen LogP contribution in [-0.4, -0.2) is 24.9 Å². The van der Waals surface area contributed by atoms with Crippen LogP contribution >= 0.6 is 15.9 Å². The summed E-state index contributed by atoms with van der Waals surface area (Å²) in [5.41, 5.74) is 0. The third kappa shape index (κ3) is 6.24. The van der Waals surface area contributed by atoms with Crippen LogP contribution in [0, 0.1) is 0 Å². The summed E-state index contributed by atoms with van der Waals surface area (Å²) < 4.78 is 45.6. The molecule has 0 aromatic heterocycles. The van der Waals surface area contributed by atoms with Crippen molar-refractivity contribution < 1.29 is 27.4 Å². The number of carbonyl (C=O) groups is 1. The number of rotatable bonds is 6. The summed E-state index contributed by atoms with van der Waals surface area (Å²) in [5.74, 6) is -0.405. The molecule has 0 bridgehead atoms. The Hall–Kier alpha value is -1.44. The summed E-state index contributed by atoms with van der Waals surface area (Å²) in [4.78, 5) is 11.6. The van der Waals surface area contributed by atoms with Gasteiger partial charge in [0.15, 0.2) is 6.10 Å². The molecular formula is C13H15BrF3NO3. The predicted molar refractivity (Wildman–Crippen MR) is 74.2 cm³/mol. The first-order chi connectivity index (χ1) is 9.73. The van der Waals surface area contributed by atoms with Gasteiger partial charge in [0.1, 0.15) is 11.5 Å². The van der Waals surface area contributed by atoms with Crippen LogP contribution < -0.4 is 14.8 Å². The predicted octanol–water partition coefficient (Wildman–Crippen LogP) is 3.64. The van der Waals surface area contributed by atoms with E-state index in [4.69, 9.17) is 4.74 Å². The van der Waals surface area contributed by atoms with Crippen molar-refractivity contribution in [2.75, 3.05) is 6.54 Å². The maximum absolute atomic E-state index is 12.1. The molecule has 4 nitrogen and oxygen atoms in total. The molecule has 1 aromatic rings. The summed E-state index contributed by atoms with van der Waals surface area (Å²) in [5, 5.41) is 2.66. The van der Waals surface area contributed by atoms with Gasteiger partial charge in [0.05, 0.1) is 4.47 Å². The fourth-order valence-electron chi connectivity index (χ4n) is 1.41. The number of ether oxygens (including phenoxy) is 2. The molecule has 0 heterocycles. The van der Waals surface area contributed by atoms with E-state index in [1.165, 1.54) is 12.1 Å². The molecule has 0 aliphatic heterocycles. The topological polar surface area (TPSA) is 47.6 Å². The van der Waals surface area contributed by atoms with Gasteiger partial charge >= 0.3 is 6.36 Å². The number of hydrogen-bond acceptors (Lipinski definition) is 3. The molecule has 0 aliphatic carbocycles. The van der Waals surface area contributed by atoms with Crippen LogP contribution in [0.2, 0.25) is 0 Å². The summed E-state index contributed by atoms with van der Waals surface area (Å²) in [7, 11) is 0. The van der Waals surface area contributed by atoms with Crippen LogP contribution in [0.1, 0.15) is 20.3 Å². The Labute approximate surface area is 128 Å². The van der Waals surface area contributed by atoms with E-state index in [-0.39, 0.29) is 21.9 Å². The standard InChI is InChI=1S/C13H15BrF3NO3/c1-3-6-18-12(19)8(2)20-9-4-5-11(10(14)7-9)21-13(15,16)17/h4-5,7-8H,3,6H2,1-2H3,(H,18,19). The van der Waals surface area contributed by atoms with Gasteiger partial charge < -0.3 is 14.8 Å². The van der Waals surface area contributed by atoms with Gasteiger partial charge in [0.25, 0.3) is 5.91 Å². The second-order valence-corrected chi connectivity index (χ2v) is 5.05. The van der Waals surface area contributed by atoms with Gasteiger partial charge in [-0.1, -0.05) is 6.92 Å². The van der Waals surface area contributed by atoms with E-state index in [1.807, 2.05) is 6.92 Å². The molecule has 118 valence electrons. The molecule has 0 saturated heterocycles. The lowest BCUT2D eigenvalue weighted by Gasteiger charge is -2.16. The first kappa shape index (κ1) is 17.6. The lowest BCUT2D eigenvalue weighted by Crippen LogP contribution is -2.36. The largest absolute Gasteiger partial charge is 0.573 e. The van der Waals surface area contributed by atoms with Crippen molar-refractivity contribution in [2.24, 2.45) is 0 Å². The lowest BCUT2D eigenvalue weighted by atomic mass is 10.3. The normalized spacial score (nSPS) is 12.7. The van der Waals surface area contributed by atoms with Crippen LogP contribution in [0.4, 0.5) is 13.2 Å². The van der Waals surface area contributed by atoms with Crippen molar-refractivity contribution in [2.45, 2.75) is 32.7 Å². The fourth-order valence-corrected chi connectivity index (χ4v) is 1.85. The van der Waals surface area contributed by atoms with Gasteiger partial charge in [-0.2, -0.15) is 0 Å². The molecule has 0 saturated carbocycles. The molecule has 21 heavy (non-hydrogen) atoms. The van der Waals surface area contributed by atoms with Crippen molar-refractivity contribution in [1.29, 1.82) is 0 Å². The number of carbonyl (C=O) groups excluding carboxylic acids is 1. The van der Waals surface area contributed by atoms with Gasteiger partial charge in [-0.3, -0.25) is 4.79 Å². The highest BCUT2D eigenvalue weighted by Gasteiger charge is 2.32. The average Bonchev–Trinajstić information content (AvgIpc) is 2.37. The Morgan fingerprint density at radius 1 is 1.43 bits per heavy atom. The number of halogens is 4. The Morgan fingerprint density at radius 2 is 2.10 bits per heavy atom. The molecule has 1 rings (SSSR count). The summed E-state index contributed by atoms with van der Waals surface area (Å²) in [6.07, 6.45) is -4.72. The Balaban J connectivity index is 2.69. The molecule has 1 N–H and O–H groups in total. The molecule has 1 atom stereocenters. The van der Waals surface area contributed by atoms with Crippen LogP contribution in [0.5, 0.6) is 11.5 Å². The average molecular weight is 370 g/mol. The molecule has 1 amide bonds. The quantitative estimate of drug-likeness (QED) is 0.832. The van der Waals surface area contributed by atoms with Gasteiger partial charge in [0.2, 0.25) is 0 Å². The van der Waals surface area contributed by atoms with Crippen LogP contribution in [0.3, 0.4) is 0 Å². The molecular weight excluding hydrogens is 355 g/mol. The zero-order chi connectivity index (χ0) is 16.0. The third-order valence-corrected chi connectivity index (χ3v) is 2.98. The second kappa shape index (κ2) is 7.53. The lowest BCUT2D eigenvalue weighted by molar-refractivity contribution is -0.274. The first-order valence-electron chi connectivity index (χ1n) is 6.22. The van der Waals surface area contributed by atoms with Crippen molar-refractivity contribution in [1.82, 2.24) is 5.32 Å². The molecule has 0 fully saturated rings. The smallest absolute Gasteiger partial charge is 0.481 e. The van der Waals surface area contributed by atoms with Gasteiger partial charge in [-0.25, -0.2) is 0 Å². The van der Waals surface area contributed by atoms with Crippen LogP contribution in [-0.2, 0) is 4.79 Å². The first-order valence-corrected chi connectivity index (χ1v) is 7.02. The Bertz CT molecular complexity index is 494. The number of alkyl halides is 3. The van der Waals surface area contributed by atoms with E-state index < -0.39 is 12.5 Å². The zero-order valence-corrected chi connectivity index (χ0v) is 13.0. The van der Waals surface area contributed by atoms with Crippen molar-refractivity contribution in [3.63, 3.8) is 0 Å².